The van der Waals surface area contributed by atoms with Crippen molar-refractivity contribution in [2.24, 2.45) is 5.92 Å². The van der Waals surface area contributed by atoms with E-state index in [1.54, 1.807) is 17.7 Å². The summed E-state index contributed by atoms with van der Waals surface area (Å²) in [6.45, 7) is 3.24. The maximum atomic E-state index is 12.2. The third kappa shape index (κ3) is 4.47. The number of carbonyl (C=O) groups is 1. The SMILES string of the molecule is C[C@@H]1CCc2c(sc3ncnc(SCC(=O)NCCOc4ccccc4)c23)C1. The summed E-state index contributed by atoms with van der Waals surface area (Å²) in [5, 5.41) is 5.00. The predicted octanol–water partition coefficient (Wildman–Crippen LogP) is 4.10. The lowest BCUT2D eigenvalue weighted by molar-refractivity contribution is -0.118. The van der Waals surface area contributed by atoms with Crippen LogP contribution in [0, 0.1) is 5.92 Å². The van der Waals surface area contributed by atoms with Gasteiger partial charge in [-0.25, -0.2) is 9.97 Å². The Kier molecular flexibility index (Phi) is 6.12. The number of fused-ring (bicyclic) bond motifs is 3. The summed E-state index contributed by atoms with van der Waals surface area (Å²) in [4.78, 5) is 23.6. The molecule has 0 bridgehead atoms. The van der Waals surface area contributed by atoms with Gasteiger partial charge in [0.2, 0.25) is 5.91 Å². The molecule has 28 heavy (non-hydrogen) atoms. The lowest BCUT2D eigenvalue weighted by atomic mass is 9.89. The average molecular weight is 414 g/mol. The molecule has 0 saturated heterocycles. The minimum atomic E-state index is -0.00820. The number of para-hydroxylation sites is 1. The van der Waals surface area contributed by atoms with E-state index in [9.17, 15) is 4.79 Å². The molecule has 7 heteroatoms. The highest BCUT2D eigenvalue weighted by atomic mass is 32.2. The molecule has 1 aromatic carbocycles. The van der Waals surface area contributed by atoms with E-state index >= 15 is 0 Å². The fraction of sp³-hybridized carbons (Fsp3) is 0.381. The van der Waals surface area contributed by atoms with Crippen molar-refractivity contribution in [1.29, 1.82) is 0 Å². The van der Waals surface area contributed by atoms with Gasteiger partial charge in [0, 0.05) is 10.3 Å². The highest BCUT2D eigenvalue weighted by Gasteiger charge is 2.23. The Morgan fingerprint density at radius 2 is 2.18 bits per heavy atom. The van der Waals surface area contributed by atoms with Crippen molar-refractivity contribution in [3.05, 3.63) is 47.1 Å². The van der Waals surface area contributed by atoms with Crippen molar-refractivity contribution in [3.63, 3.8) is 0 Å². The van der Waals surface area contributed by atoms with Crippen molar-refractivity contribution in [2.45, 2.75) is 31.2 Å². The largest absolute Gasteiger partial charge is 0.492 e. The van der Waals surface area contributed by atoms with Crippen LogP contribution in [0.2, 0.25) is 0 Å². The first-order valence-electron chi connectivity index (χ1n) is 9.53. The van der Waals surface area contributed by atoms with Gasteiger partial charge in [0.15, 0.2) is 0 Å². The molecule has 2 heterocycles. The molecule has 0 unspecified atom stereocenters. The number of nitrogens with one attached hydrogen (secondary N) is 1. The van der Waals surface area contributed by atoms with Crippen molar-refractivity contribution >= 4 is 39.2 Å². The van der Waals surface area contributed by atoms with Gasteiger partial charge in [-0.3, -0.25) is 4.79 Å². The van der Waals surface area contributed by atoms with Crippen LogP contribution in [0.5, 0.6) is 5.75 Å². The van der Waals surface area contributed by atoms with Crippen LogP contribution in [-0.4, -0.2) is 34.8 Å². The maximum Gasteiger partial charge on any atom is 0.230 e. The van der Waals surface area contributed by atoms with Gasteiger partial charge in [0.05, 0.1) is 12.3 Å². The first-order valence-corrected chi connectivity index (χ1v) is 11.3. The normalized spacial score (nSPS) is 16.0. The zero-order valence-electron chi connectivity index (χ0n) is 15.8. The minimum absolute atomic E-state index is 0.00820. The van der Waals surface area contributed by atoms with E-state index in [-0.39, 0.29) is 5.91 Å². The van der Waals surface area contributed by atoms with Crippen LogP contribution in [0.25, 0.3) is 10.2 Å². The molecular weight excluding hydrogens is 390 g/mol. The summed E-state index contributed by atoms with van der Waals surface area (Å²) in [5.41, 5.74) is 1.40. The summed E-state index contributed by atoms with van der Waals surface area (Å²) in [6.07, 6.45) is 5.03. The number of carbonyl (C=O) groups excluding carboxylic acids is 1. The van der Waals surface area contributed by atoms with E-state index in [4.69, 9.17) is 4.74 Å². The topological polar surface area (TPSA) is 64.1 Å². The zero-order valence-corrected chi connectivity index (χ0v) is 17.4. The van der Waals surface area contributed by atoms with E-state index in [0.717, 1.165) is 34.4 Å². The van der Waals surface area contributed by atoms with Crippen LogP contribution >= 0.6 is 23.1 Å². The van der Waals surface area contributed by atoms with Gasteiger partial charge in [-0.05, 0) is 42.9 Å². The maximum absolute atomic E-state index is 12.2. The van der Waals surface area contributed by atoms with Crippen molar-refractivity contribution in [1.82, 2.24) is 15.3 Å². The molecule has 146 valence electrons. The first kappa shape index (κ1) is 19.2. The quantitative estimate of drug-likeness (QED) is 0.359. The van der Waals surface area contributed by atoms with Gasteiger partial charge in [-0.2, -0.15) is 0 Å². The second-order valence-electron chi connectivity index (χ2n) is 7.01. The van der Waals surface area contributed by atoms with Crippen molar-refractivity contribution in [2.75, 3.05) is 18.9 Å². The summed E-state index contributed by atoms with van der Waals surface area (Å²) < 4.78 is 5.60. The summed E-state index contributed by atoms with van der Waals surface area (Å²) in [5.74, 6) is 1.88. The number of aryl methyl sites for hydroxylation is 1. The van der Waals surface area contributed by atoms with Crippen LogP contribution in [0.15, 0.2) is 41.7 Å². The lowest BCUT2D eigenvalue weighted by Gasteiger charge is -2.18. The van der Waals surface area contributed by atoms with Gasteiger partial charge < -0.3 is 10.1 Å². The number of hydrogen-bond acceptors (Lipinski definition) is 6. The monoisotopic (exact) mass is 413 g/mol. The lowest BCUT2D eigenvalue weighted by Crippen LogP contribution is -2.29. The van der Waals surface area contributed by atoms with Gasteiger partial charge in [-0.1, -0.05) is 36.9 Å². The van der Waals surface area contributed by atoms with Gasteiger partial charge in [0.1, 0.15) is 28.5 Å². The van der Waals surface area contributed by atoms with Crippen molar-refractivity contribution in [3.8, 4) is 5.75 Å². The van der Waals surface area contributed by atoms with Crippen molar-refractivity contribution < 1.29 is 9.53 Å². The van der Waals surface area contributed by atoms with Gasteiger partial charge in [0.25, 0.3) is 0 Å². The summed E-state index contributed by atoms with van der Waals surface area (Å²) >= 11 is 3.28. The number of hydrogen-bond donors (Lipinski definition) is 1. The van der Waals surface area contributed by atoms with Crippen LogP contribution in [0.4, 0.5) is 0 Å². The van der Waals surface area contributed by atoms with E-state index < -0.39 is 0 Å². The molecule has 5 nitrogen and oxygen atoms in total. The molecule has 1 amide bonds. The number of amides is 1. The number of nitrogens with zero attached hydrogens (tertiary/aromatic N) is 2. The third-order valence-electron chi connectivity index (χ3n) is 4.83. The summed E-state index contributed by atoms with van der Waals surface area (Å²) in [7, 11) is 0. The number of thioether (sulfide) groups is 1. The predicted molar refractivity (Wildman–Crippen MR) is 114 cm³/mol. The van der Waals surface area contributed by atoms with Crippen LogP contribution in [0.3, 0.4) is 0 Å². The standard InChI is InChI=1S/C21H23N3O2S2/c1-14-7-8-16-17(11-14)28-21-19(16)20(23-13-24-21)27-12-18(25)22-9-10-26-15-5-3-2-4-6-15/h2-6,13-14H,7-12H2,1H3,(H,22,25)/t14-/m1/s1. The Morgan fingerprint density at radius 3 is 3.04 bits per heavy atom. The zero-order chi connectivity index (χ0) is 19.3. The Hall–Kier alpha value is -2.12. The highest BCUT2D eigenvalue weighted by molar-refractivity contribution is 8.00. The van der Waals surface area contributed by atoms with E-state index in [1.165, 1.54) is 34.0 Å². The number of benzene rings is 1. The third-order valence-corrected chi connectivity index (χ3v) is 6.98. The first-order chi connectivity index (χ1) is 13.7. The molecule has 0 radical (unpaired) electrons. The van der Waals surface area contributed by atoms with E-state index in [2.05, 4.69) is 22.2 Å². The molecule has 0 aliphatic heterocycles. The molecule has 1 aliphatic rings. The van der Waals surface area contributed by atoms with Gasteiger partial charge in [-0.15, -0.1) is 11.3 Å². The molecule has 1 atom stereocenters. The molecule has 0 saturated carbocycles. The molecule has 2 aromatic heterocycles. The fourth-order valence-electron chi connectivity index (χ4n) is 3.42. The molecule has 4 rings (SSSR count). The Morgan fingerprint density at radius 1 is 1.32 bits per heavy atom. The van der Waals surface area contributed by atoms with Crippen LogP contribution in [0.1, 0.15) is 23.8 Å². The Balaban J connectivity index is 1.32. The molecule has 1 N–H and O–H groups in total. The number of rotatable bonds is 7. The molecule has 1 aliphatic carbocycles. The molecule has 0 fully saturated rings. The second kappa shape index (κ2) is 8.92. The number of aromatic nitrogens is 2. The number of ether oxygens (including phenoxy) is 1. The highest BCUT2D eigenvalue weighted by Crippen LogP contribution is 2.40. The number of thiophene rings is 1. The molecular formula is C21H23N3O2S2. The Bertz CT molecular complexity index is 959. The molecule has 3 aromatic rings. The van der Waals surface area contributed by atoms with E-state index in [0.29, 0.717) is 18.9 Å². The smallest absolute Gasteiger partial charge is 0.230 e. The summed E-state index contributed by atoms with van der Waals surface area (Å²) in [6, 6.07) is 9.61. The minimum Gasteiger partial charge on any atom is -0.492 e. The second-order valence-corrected chi connectivity index (χ2v) is 9.06. The Labute approximate surface area is 172 Å². The fourth-order valence-corrected chi connectivity index (χ4v) is 5.69. The average Bonchev–Trinajstić information content (AvgIpc) is 3.08. The van der Waals surface area contributed by atoms with E-state index in [1.807, 2.05) is 30.3 Å². The van der Waals surface area contributed by atoms with Crippen LogP contribution in [-0.2, 0) is 17.6 Å². The molecule has 0 spiro atoms. The van der Waals surface area contributed by atoms with Gasteiger partial charge >= 0.3 is 0 Å². The van der Waals surface area contributed by atoms with Crippen LogP contribution < -0.4 is 10.1 Å².